The van der Waals surface area contributed by atoms with Gasteiger partial charge in [-0.25, -0.2) is 0 Å². The van der Waals surface area contributed by atoms with E-state index in [0.29, 0.717) is 6.42 Å². The molecule has 0 unspecified atom stereocenters. The van der Waals surface area contributed by atoms with Gasteiger partial charge in [-0.2, -0.15) is 0 Å². The summed E-state index contributed by atoms with van der Waals surface area (Å²) < 4.78 is 5.31. The Balaban J connectivity index is 2.46. The minimum Gasteiger partial charge on any atom is -0.463 e. The number of aliphatic hydroxyl groups is 3. The van der Waals surface area contributed by atoms with Gasteiger partial charge in [0.1, 0.15) is 6.10 Å². The van der Waals surface area contributed by atoms with Gasteiger partial charge in [0.25, 0.3) is 0 Å². The highest BCUT2D eigenvalue weighted by atomic mass is 16.5. The minimum absolute atomic E-state index is 0.0648. The van der Waals surface area contributed by atoms with Crippen LogP contribution in [0.25, 0.3) is 0 Å². The molecule has 1 fully saturated rings. The fourth-order valence-corrected chi connectivity index (χ4v) is 3.05. The Morgan fingerprint density at radius 3 is 1.87 bits per heavy atom. The molecule has 5 nitrogen and oxygen atoms in total. The number of hydrogen-bond acceptors (Lipinski definition) is 5. The third-order valence-electron chi connectivity index (χ3n) is 4.63. The summed E-state index contributed by atoms with van der Waals surface area (Å²) in [6.45, 7) is 1.89. The smallest absolute Gasteiger partial charge is 0.306 e. The first-order chi connectivity index (χ1) is 11.0. The molecule has 0 bridgehead atoms. The van der Waals surface area contributed by atoms with Crippen molar-refractivity contribution >= 4 is 5.97 Å². The van der Waals surface area contributed by atoms with E-state index in [4.69, 9.17) is 4.74 Å². The summed E-state index contributed by atoms with van der Waals surface area (Å²) in [6, 6.07) is 0. The van der Waals surface area contributed by atoms with Crippen LogP contribution in [0.4, 0.5) is 0 Å². The van der Waals surface area contributed by atoms with Crippen molar-refractivity contribution < 1.29 is 24.9 Å². The van der Waals surface area contributed by atoms with Gasteiger partial charge in [0.05, 0.1) is 18.3 Å². The zero-order valence-corrected chi connectivity index (χ0v) is 14.5. The summed E-state index contributed by atoms with van der Waals surface area (Å²) in [7, 11) is 0. The summed E-state index contributed by atoms with van der Waals surface area (Å²) >= 11 is 0. The molecular weight excluding hydrogens is 296 g/mol. The Kier molecular flexibility index (Phi) is 10.5. The third-order valence-corrected chi connectivity index (χ3v) is 4.63. The van der Waals surface area contributed by atoms with Gasteiger partial charge in [-0.3, -0.25) is 4.79 Å². The van der Waals surface area contributed by atoms with Gasteiger partial charge in [0, 0.05) is 6.42 Å². The van der Waals surface area contributed by atoms with Crippen LogP contribution in [0.2, 0.25) is 0 Å². The second-order valence-corrected chi connectivity index (χ2v) is 6.87. The highest BCUT2D eigenvalue weighted by Gasteiger charge is 2.25. The van der Waals surface area contributed by atoms with Gasteiger partial charge in [-0.1, -0.05) is 44.9 Å². The van der Waals surface area contributed by atoms with Gasteiger partial charge >= 0.3 is 5.97 Å². The average Bonchev–Trinajstić information content (AvgIpc) is 2.52. The van der Waals surface area contributed by atoms with Gasteiger partial charge in [0.2, 0.25) is 0 Å². The molecule has 0 aromatic heterocycles. The Morgan fingerprint density at radius 2 is 1.26 bits per heavy atom. The van der Waals surface area contributed by atoms with E-state index in [1.165, 1.54) is 25.7 Å². The molecule has 1 heterocycles. The third kappa shape index (κ3) is 9.28. The molecule has 1 rings (SSSR count). The highest BCUT2D eigenvalue weighted by molar-refractivity contribution is 5.69. The standard InChI is InChI=1S/C18H34O5/c1-14-10-8-6-4-2-3-5-7-9-11-15(19)18(22)16(20)12-13-17(21)23-14/h14-16,18-20,22H,2-13H2,1H3/t14-,15-,16+,18-/m0/s1. The predicted octanol–water partition coefficient (Wildman–Crippen LogP) is 2.70. The first-order valence-electron chi connectivity index (χ1n) is 9.24. The summed E-state index contributed by atoms with van der Waals surface area (Å²) in [6.07, 6.45) is 7.14. The van der Waals surface area contributed by atoms with E-state index >= 15 is 0 Å². The second-order valence-electron chi connectivity index (χ2n) is 6.87. The lowest BCUT2D eigenvalue weighted by atomic mass is 9.98. The maximum atomic E-state index is 11.7. The number of hydrogen-bond donors (Lipinski definition) is 3. The number of cyclic esters (lactones) is 1. The van der Waals surface area contributed by atoms with Crippen LogP contribution in [0.5, 0.6) is 0 Å². The van der Waals surface area contributed by atoms with Crippen molar-refractivity contribution in [3.63, 3.8) is 0 Å². The molecule has 23 heavy (non-hydrogen) atoms. The summed E-state index contributed by atoms with van der Waals surface area (Å²) in [5.74, 6) is -0.348. The largest absolute Gasteiger partial charge is 0.463 e. The maximum Gasteiger partial charge on any atom is 0.306 e. The number of carbonyl (C=O) groups excluding carboxylic acids is 1. The predicted molar refractivity (Wildman–Crippen MR) is 89.0 cm³/mol. The Morgan fingerprint density at radius 1 is 0.783 bits per heavy atom. The number of esters is 1. The number of carbonyl (C=O) groups is 1. The van der Waals surface area contributed by atoms with Crippen LogP contribution in [-0.2, 0) is 9.53 Å². The van der Waals surface area contributed by atoms with E-state index in [-0.39, 0.29) is 24.9 Å². The molecule has 0 aromatic rings. The van der Waals surface area contributed by atoms with Crippen molar-refractivity contribution in [3.05, 3.63) is 0 Å². The van der Waals surface area contributed by atoms with Crippen LogP contribution < -0.4 is 0 Å². The highest BCUT2D eigenvalue weighted by Crippen LogP contribution is 2.17. The first-order valence-corrected chi connectivity index (χ1v) is 9.24. The average molecular weight is 330 g/mol. The van der Waals surface area contributed by atoms with Gasteiger partial charge in [-0.15, -0.1) is 0 Å². The van der Waals surface area contributed by atoms with Crippen LogP contribution in [-0.4, -0.2) is 45.7 Å². The molecule has 0 aromatic carbocycles. The van der Waals surface area contributed by atoms with E-state index < -0.39 is 18.3 Å². The molecule has 0 aliphatic carbocycles. The van der Waals surface area contributed by atoms with Gasteiger partial charge in [0.15, 0.2) is 0 Å². The van der Waals surface area contributed by atoms with Crippen LogP contribution in [0, 0.1) is 0 Å². The molecule has 0 saturated carbocycles. The fraction of sp³-hybridized carbons (Fsp3) is 0.944. The van der Waals surface area contributed by atoms with E-state index in [1.54, 1.807) is 0 Å². The van der Waals surface area contributed by atoms with Crippen molar-refractivity contribution in [2.45, 2.75) is 108 Å². The first kappa shape index (κ1) is 20.4. The lowest BCUT2D eigenvalue weighted by Gasteiger charge is -2.23. The van der Waals surface area contributed by atoms with Crippen LogP contribution >= 0.6 is 0 Å². The summed E-state index contributed by atoms with van der Waals surface area (Å²) in [5, 5.41) is 29.8. The number of rotatable bonds is 0. The molecule has 0 radical (unpaired) electrons. The zero-order chi connectivity index (χ0) is 17.1. The monoisotopic (exact) mass is 330 g/mol. The van der Waals surface area contributed by atoms with Crippen LogP contribution in [0.15, 0.2) is 0 Å². The van der Waals surface area contributed by atoms with Crippen molar-refractivity contribution in [3.8, 4) is 0 Å². The minimum atomic E-state index is -1.20. The quantitative estimate of drug-likeness (QED) is 0.595. The molecule has 3 N–H and O–H groups in total. The molecule has 0 amide bonds. The normalized spacial score (nSPS) is 34.2. The molecule has 1 aliphatic rings. The second kappa shape index (κ2) is 11.8. The number of ether oxygens (including phenoxy) is 1. The van der Waals surface area contributed by atoms with Crippen molar-refractivity contribution in [1.29, 1.82) is 0 Å². The van der Waals surface area contributed by atoms with E-state index in [1.807, 2.05) is 6.92 Å². The van der Waals surface area contributed by atoms with E-state index in [9.17, 15) is 20.1 Å². The Hall–Kier alpha value is -0.650. The lowest BCUT2D eigenvalue weighted by molar-refractivity contribution is -0.150. The molecule has 5 heteroatoms. The van der Waals surface area contributed by atoms with Gasteiger partial charge < -0.3 is 20.1 Å². The lowest BCUT2D eigenvalue weighted by Crippen LogP contribution is -2.37. The van der Waals surface area contributed by atoms with Crippen molar-refractivity contribution in [1.82, 2.24) is 0 Å². The van der Waals surface area contributed by atoms with E-state index in [2.05, 4.69) is 0 Å². The molecule has 0 spiro atoms. The van der Waals surface area contributed by atoms with Crippen molar-refractivity contribution in [2.24, 2.45) is 0 Å². The Bertz CT molecular complexity index is 321. The molecular formula is C18H34O5. The molecule has 4 atom stereocenters. The Labute approximate surface area is 140 Å². The summed E-state index contributed by atoms with van der Waals surface area (Å²) in [4.78, 5) is 11.7. The van der Waals surface area contributed by atoms with Crippen LogP contribution in [0.3, 0.4) is 0 Å². The topological polar surface area (TPSA) is 87.0 Å². The van der Waals surface area contributed by atoms with E-state index in [0.717, 1.165) is 32.1 Å². The van der Waals surface area contributed by atoms with Gasteiger partial charge in [-0.05, 0) is 32.6 Å². The number of aliphatic hydroxyl groups excluding tert-OH is 3. The SMILES string of the molecule is C[C@H]1CCCCCCCCCC[C@H](O)[C@H](O)[C@H](O)CCC(=O)O1. The van der Waals surface area contributed by atoms with Crippen molar-refractivity contribution in [2.75, 3.05) is 0 Å². The zero-order valence-electron chi connectivity index (χ0n) is 14.5. The molecule has 1 saturated heterocycles. The molecule has 136 valence electrons. The summed E-state index contributed by atoms with van der Waals surface area (Å²) in [5.41, 5.74) is 0. The molecule has 1 aliphatic heterocycles. The fourth-order valence-electron chi connectivity index (χ4n) is 3.05. The van der Waals surface area contributed by atoms with Crippen LogP contribution in [0.1, 0.15) is 84.0 Å². The maximum absolute atomic E-state index is 11.7.